The van der Waals surface area contributed by atoms with Crippen molar-refractivity contribution in [3.8, 4) is 6.07 Å². The van der Waals surface area contributed by atoms with Crippen molar-refractivity contribution in [2.75, 3.05) is 30.3 Å². The Morgan fingerprint density at radius 3 is 2.40 bits per heavy atom. The molecule has 0 unspecified atom stereocenters. The van der Waals surface area contributed by atoms with Crippen molar-refractivity contribution in [1.82, 2.24) is 13.9 Å². The third kappa shape index (κ3) is 5.86. The number of carbonyl (C=O) groups excluding carboxylic acids is 1. The molecule has 1 amide bonds. The van der Waals surface area contributed by atoms with Gasteiger partial charge in [-0.1, -0.05) is 43.3 Å². The number of fused-ring (bicyclic) bond motifs is 1. The lowest BCUT2D eigenvalue weighted by molar-refractivity contribution is -0.116. The fraction of sp³-hybridized carbons (Fsp3) is 0.400. The van der Waals surface area contributed by atoms with E-state index in [1.165, 1.54) is 16.1 Å². The predicted molar refractivity (Wildman–Crippen MR) is 140 cm³/mol. The van der Waals surface area contributed by atoms with E-state index in [1.54, 1.807) is 23.1 Å². The summed E-state index contributed by atoms with van der Waals surface area (Å²) in [6.45, 7) is 9.33. The molecule has 10 heteroatoms. The van der Waals surface area contributed by atoms with Crippen LogP contribution in [-0.2, 0) is 21.4 Å². The number of hydrogen-bond acceptors (Lipinski definition) is 6. The molecule has 3 aromatic rings. The van der Waals surface area contributed by atoms with Gasteiger partial charge in [-0.25, -0.2) is 13.4 Å². The number of carbonyl (C=O) groups is 1. The maximum absolute atomic E-state index is 13.1. The SMILES string of the molecule is CCN(CC)S(=O)(=O)c1ccc2c(c1)nc(SCC(=O)N(CCC#N)c1ccc(C)cc1)n2CC. The van der Waals surface area contributed by atoms with E-state index in [0.717, 1.165) is 16.8 Å². The second-order valence-electron chi connectivity index (χ2n) is 7.96. The molecule has 1 heterocycles. The summed E-state index contributed by atoms with van der Waals surface area (Å²) < 4.78 is 29.3. The molecule has 0 aliphatic carbocycles. The van der Waals surface area contributed by atoms with Crippen LogP contribution in [0.25, 0.3) is 11.0 Å². The highest BCUT2D eigenvalue weighted by Crippen LogP contribution is 2.28. The highest BCUT2D eigenvalue weighted by molar-refractivity contribution is 7.99. The van der Waals surface area contributed by atoms with Crippen molar-refractivity contribution < 1.29 is 13.2 Å². The molecular formula is C25H31N5O3S2. The van der Waals surface area contributed by atoms with Gasteiger partial charge in [-0.15, -0.1) is 0 Å². The number of nitriles is 1. The molecular weight excluding hydrogens is 482 g/mol. The number of sulfonamides is 1. The quantitative estimate of drug-likeness (QED) is 0.352. The number of nitrogens with zero attached hydrogens (tertiary/aromatic N) is 5. The van der Waals surface area contributed by atoms with E-state index in [-0.39, 0.29) is 23.0 Å². The Hall–Kier alpha value is -2.87. The van der Waals surface area contributed by atoms with Crippen LogP contribution in [0.5, 0.6) is 0 Å². The molecule has 0 fully saturated rings. The number of aryl methyl sites for hydroxylation is 2. The molecule has 0 spiro atoms. The fourth-order valence-corrected chi connectivity index (χ4v) is 6.30. The molecule has 0 bridgehead atoms. The number of benzene rings is 2. The average Bonchev–Trinajstić information content (AvgIpc) is 3.21. The molecule has 0 saturated carbocycles. The third-order valence-electron chi connectivity index (χ3n) is 5.76. The first-order chi connectivity index (χ1) is 16.8. The molecule has 8 nitrogen and oxygen atoms in total. The zero-order chi connectivity index (χ0) is 25.6. The lowest BCUT2D eigenvalue weighted by Crippen LogP contribution is -2.33. The number of thioether (sulfide) groups is 1. The molecule has 0 saturated heterocycles. The average molecular weight is 514 g/mol. The van der Waals surface area contributed by atoms with E-state index in [4.69, 9.17) is 5.26 Å². The van der Waals surface area contributed by atoms with Gasteiger partial charge in [-0.05, 0) is 44.2 Å². The summed E-state index contributed by atoms with van der Waals surface area (Å²) in [5, 5.41) is 9.69. The van der Waals surface area contributed by atoms with Crippen LogP contribution in [0, 0.1) is 18.3 Å². The molecule has 3 rings (SSSR count). The normalized spacial score (nSPS) is 11.7. The number of imidazole rings is 1. The molecule has 0 N–H and O–H groups in total. The number of hydrogen-bond donors (Lipinski definition) is 0. The standard InChI is InChI=1S/C25H31N5O3S2/c1-5-28(6-2)35(32,33)21-13-14-23-22(17-21)27-25(29(23)7-3)34-18-24(31)30(16-8-15-26)20-11-9-19(4)10-12-20/h9-14,17H,5-8,16,18H2,1-4H3. The molecule has 0 aliphatic heterocycles. The Kier molecular flexibility index (Phi) is 8.94. The van der Waals surface area contributed by atoms with Crippen molar-refractivity contribution in [2.24, 2.45) is 0 Å². The molecule has 2 aromatic carbocycles. The van der Waals surface area contributed by atoms with Gasteiger partial charge in [-0.3, -0.25) is 4.79 Å². The molecule has 1 aromatic heterocycles. The van der Waals surface area contributed by atoms with Crippen LogP contribution in [-0.4, -0.2) is 53.6 Å². The van der Waals surface area contributed by atoms with E-state index in [0.29, 0.717) is 36.9 Å². The molecule has 35 heavy (non-hydrogen) atoms. The van der Waals surface area contributed by atoms with Crippen molar-refractivity contribution in [1.29, 1.82) is 5.26 Å². The fourth-order valence-electron chi connectivity index (χ4n) is 3.86. The van der Waals surface area contributed by atoms with Gasteiger partial charge >= 0.3 is 0 Å². The van der Waals surface area contributed by atoms with Crippen LogP contribution in [0.2, 0.25) is 0 Å². The van der Waals surface area contributed by atoms with E-state index >= 15 is 0 Å². The van der Waals surface area contributed by atoms with Crippen LogP contribution < -0.4 is 4.90 Å². The summed E-state index contributed by atoms with van der Waals surface area (Å²) in [4.78, 5) is 19.6. The lowest BCUT2D eigenvalue weighted by Gasteiger charge is -2.22. The monoisotopic (exact) mass is 513 g/mol. The Balaban J connectivity index is 1.86. The number of amides is 1. The summed E-state index contributed by atoms with van der Waals surface area (Å²) in [6, 6.07) is 14.8. The maximum Gasteiger partial charge on any atom is 0.243 e. The minimum absolute atomic E-state index is 0.117. The number of anilines is 1. The van der Waals surface area contributed by atoms with Crippen LogP contribution in [0.4, 0.5) is 5.69 Å². The van der Waals surface area contributed by atoms with Crippen LogP contribution in [0.3, 0.4) is 0 Å². The highest BCUT2D eigenvalue weighted by Gasteiger charge is 2.23. The highest BCUT2D eigenvalue weighted by atomic mass is 32.2. The third-order valence-corrected chi connectivity index (χ3v) is 8.77. The van der Waals surface area contributed by atoms with Crippen molar-refractivity contribution in [3.05, 3.63) is 48.0 Å². The molecule has 186 valence electrons. The second-order valence-corrected chi connectivity index (χ2v) is 10.8. The first kappa shape index (κ1) is 26.7. The van der Waals surface area contributed by atoms with Gasteiger partial charge in [0, 0.05) is 31.9 Å². The first-order valence-corrected chi connectivity index (χ1v) is 14.1. The summed E-state index contributed by atoms with van der Waals surface area (Å²) >= 11 is 1.31. The second kappa shape index (κ2) is 11.7. The van der Waals surface area contributed by atoms with Gasteiger partial charge in [-0.2, -0.15) is 9.57 Å². The Morgan fingerprint density at radius 2 is 1.80 bits per heavy atom. The predicted octanol–water partition coefficient (Wildman–Crippen LogP) is 4.43. The molecule has 0 radical (unpaired) electrons. The van der Waals surface area contributed by atoms with Gasteiger partial charge in [0.05, 0.1) is 34.2 Å². The van der Waals surface area contributed by atoms with E-state index < -0.39 is 10.0 Å². The number of rotatable bonds is 11. The largest absolute Gasteiger partial charge is 0.319 e. The molecule has 0 aliphatic rings. The topological polar surface area (TPSA) is 99.3 Å². The van der Waals surface area contributed by atoms with Crippen LogP contribution in [0.15, 0.2) is 52.5 Å². The smallest absolute Gasteiger partial charge is 0.243 e. The lowest BCUT2D eigenvalue weighted by atomic mass is 10.2. The Morgan fingerprint density at radius 1 is 1.11 bits per heavy atom. The van der Waals surface area contributed by atoms with Gasteiger partial charge < -0.3 is 9.47 Å². The maximum atomic E-state index is 13.1. The van der Waals surface area contributed by atoms with Gasteiger partial charge in [0.15, 0.2) is 5.16 Å². The van der Waals surface area contributed by atoms with E-state index in [9.17, 15) is 13.2 Å². The summed E-state index contributed by atoms with van der Waals surface area (Å²) in [7, 11) is -3.59. The van der Waals surface area contributed by atoms with Crippen molar-refractivity contribution in [2.45, 2.75) is 50.7 Å². The van der Waals surface area contributed by atoms with Crippen molar-refractivity contribution >= 4 is 44.4 Å². The van der Waals surface area contributed by atoms with E-state index in [1.807, 2.05) is 56.5 Å². The van der Waals surface area contributed by atoms with Gasteiger partial charge in [0.2, 0.25) is 15.9 Å². The summed E-state index contributed by atoms with van der Waals surface area (Å²) in [5.41, 5.74) is 3.25. The number of aromatic nitrogens is 2. The molecule has 0 atom stereocenters. The minimum Gasteiger partial charge on any atom is -0.319 e. The first-order valence-electron chi connectivity index (χ1n) is 11.6. The summed E-state index contributed by atoms with van der Waals surface area (Å²) in [5.74, 6) is 0.0290. The van der Waals surface area contributed by atoms with Gasteiger partial charge in [0.25, 0.3) is 0 Å². The minimum atomic E-state index is -3.59. The van der Waals surface area contributed by atoms with E-state index in [2.05, 4.69) is 11.1 Å². The van der Waals surface area contributed by atoms with Crippen LogP contribution in [0.1, 0.15) is 32.8 Å². The van der Waals surface area contributed by atoms with Crippen LogP contribution >= 0.6 is 11.8 Å². The Bertz CT molecular complexity index is 1320. The van der Waals surface area contributed by atoms with Crippen molar-refractivity contribution in [3.63, 3.8) is 0 Å². The Labute approximate surface area is 211 Å². The van der Waals surface area contributed by atoms with Gasteiger partial charge in [0.1, 0.15) is 0 Å². The zero-order valence-electron chi connectivity index (χ0n) is 20.6. The zero-order valence-corrected chi connectivity index (χ0v) is 22.2. The summed E-state index contributed by atoms with van der Waals surface area (Å²) in [6.07, 6.45) is 0.238.